The topological polar surface area (TPSA) is 65.2 Å². The van der Waals surface area contributed by atoms with Crippen LogP contribution >= 0.6 is 0 Å². The molecular weight excluding hydrogens is 314 g/mol. The third-order valence-corrected chi connectivity index (χ3v) is 5.69. The highest BCUT2D eigenvalue weighted by Gasteiger charge is 2.29. The third-order valence-electron chi connectivity index (χ3n) is 5.69. The summed E-state index contributed by atoms with van der Waals surface area (Å²) in [5.74, 6) is 0.630. The molecule has 2 fully saturated rings. The van der Waals surface area contributed by atoms with Crippen molar-refractivity contribution in [1.29, 1.82) is 0 Å². The lowest BCUT2D eigenvalue weighted by molar-refractivity contribution is -0.132. The van der Waals surface area contributed by atoms with E-state index in [1.165, 1.54) is 6.42 Å². The fourth-order valence-electron chi connectivity index (χ4n) is 3.82. The van der Waals surface area contributed by atoms with E-state index in [4.69, 9.17) is 0 Å². The number of aromatic nitrogens is 1. The van der Waals surface area contributed by atoms with E-state index in [0.717, 1.165) is 55.2 Å². The average molecular weight is 339 g/mol. The molecule has 1 saturated carbocycles. The first kappa shape index (κ1) is 16.2. The molecule has 1 aromatic heterocycles. The van der Waals surface area contributed by atoms with Gasteiger partial charge in [0.1, 0.15) is 0 Å². The summed E-state index contributed by atoms with van der Waals surface area (Å²) in [4.78, 5) is 29.8. The second-order valence-corrected chi connectivity index (χ2v) is 7.33. The Morgan fingerprint density at radius 2 is 1.88 bits per heavy atom. The Hall–Kier alpha value is -2.30. The van der Waals surface area contributed by atoms with E-state index in [0.29, 0.717) is 6.42 Å². The number of benzene rings is 1. The molecule has 1 aliphatic heterocycles. The van der Waals surface area contributed by atoms with Crippen LogP contribution in [-0.4, -0.2) is 40.8 Å². The van der Waals surface area contributed by atoms with Gasteiger partial charge in [-0.2, -0.15) is 0 Å². The Balaban J connectivity index is 1.30. The Labute approximate surface area is 147 Å². The lowest BCUT2D eigenvalue weighted by Crippen LogP contribution is -2.48. The fourth-order valence-corrected chi connectivity index (χ4v) is 3.82. The van der Waals surface area contributed by atoms with E-state index in [9.17, 15) is 9.59 Å². The van der Waals surface area contributed by atoms with Gasteiger partial charge in [0, 0.05) is 42.1 Å². The lowest BCUT2D eigenvalue weighted by Gasteiger charge is -2.34. The summed E-state index contributed by atoms with van der Waals surface area (Å²) in [6.45, 7) is 1.47. The van der Waals surface area contributed by atoms with E-state index in [1.807, 2.05) is 29.3 Å². The van der Waals surface area contributed by atoms with Gasteiger partial charge in [-0.05, 0) is 37.3 Å². The van der Waals surface area contributed by atoms with Crippen molar-refractivity contribution < 1.29 is 9.59 Å². The largest absolute Gasteiger partial charge is 0.361 e. The van der Waals surface area contributed by atoms with Gasteiger partial charge in [0.25, 0.3) is 0 Å². The first-order valence-electron chi connectivity index (χ1n) is 9.34. The Morgan fingerprint density at radius 1 is 1.12 bits per heavy atom. The smallest absolute Gasteiger partial charge is 0.227 e. The van der Waals surface area contributed by atoms with Gasteiger partial charge in [-0.15, -0.1) is 0 Å². The number of aromatic amines is 1. The summed E-state index contributed by atoms with van der Waals surface area (Å²) < 4.78 is 0. The molecular formula is C20H25N3O2. The van der Waals surface area contributed by atoms with Gasteiger partial charge in [0.15, 0.2) is 0 Å². The second-order valence-electron chi connectivity index (χ2n) is 7.33. The molecule has 1 aromatic carbocycles. The summed E-state index contributed by atoms with van der Waals surface area (Å²) in [5.41, 5.74) is 2.13. The Kier molecular flexibility index (Phi) is 4.47. The summed E-state index contributed by atoms with van der Waals surface area (Å²) in [6.07, 6.45) is 7.34. The van der Waals surface area contributed by atoms with Crippen molar-refractivity contribution in [2.75, 3.05) is 13.1 Å². The maximum absolute atomic E-state index is 12.6. The Bertz CT molecular complexity index is 770. The number of carbonyl (C=O) groups is 2. The van der Waals surface area contributed by atoms with Crippen molar-refractivity contribution in [2.24, 2.45) is 5.92 Å². The molecule has 5 heteroatoms. The molecule has 4 rings (SSSR count). The van der Waals surface area contributed by atoms with Crippen molar-refractivity contribution in [3.63, 3.8) is 0 Å². The molecule has 2 N–H and O–H groups in total. The van der Waals surface area contributed by atoms with Crippen LogP contribution in [0.4, 0.5) is 0 Å². The monoisotopic (exact) mass is 339 g/mol. The van der Waals surface area contributed by atoms with Crippen LogP contribution in [0.2, 0.25) is 0 Å². The van der Waals surface area contributed by atoms with Crippen LogP contribution < -0.4 is 5.32 Å². The van der Waals surface area contributed by atoms with Crippen molar-refractivity contribution in [1.82, 2.24) is 15.2 Å². The molecule has 1 saturated heterocycles. The second kappa shape index (κ2) is 6.90. The molecule has 0 bridgehead atoms. The minimum atomic E-state index is 0.175. The normalized spacial score (nSPS) is 19.0. The van der Waals surface area contributed by atoms with Gasteiger partial charge >= 0.3 is 0 Å². The number of rotatable bonds is 4. The number of nitrogens with zero attached hydrogens (tertiary/aromatic N) is 1. The van der Waals surface area contributed by atoms with Crippen molar-refractivity contribution in [3.05, 3.63) is 36.0 Å². The maximum Gasteiger partial charge on any atom is 0.227 e. The average Bonchev–Trinajstić information content (AvgIpc) is 2.97. The third kappa shape index (κ3) is 3.41. The first-order valence-corrected chi connectivity index (χ1v) is 9.34. The van der Waals surface area contributed by atoms with E-state index >= 15 is 0 Å². The minimum Gasteiger partial charge on any atom is -0.361 e. The summed E-state index contributed by atoms with van der Waals surface area (Å²) >= 11 is 0. The van der Waals surface area contributed by atoms with Crippen LogP contribution in [0.25, 0.3) is 10.9 Å². The molecule has 132 valence electrons. The summed E-state index contributed by atoms with van der Waals surface area (Å²) in [6, 6.07) is 8.30. The van der Waals surface area contributed by atoms with Crippen LogP contribution in [0.1, 0.15) is 37.7 Å². The van der Waals surface area contributed by atoms with Gasteiger partial charge < -0.3 is 15.2 Å². The predicted octanol–water partition coefficient (Wildman–Crippen LogP) is 2.62. The van der Waals surface area contributed by atoms with E-state index < -0.39 is 0 Å². The van der Waals surface area contributed by atoms with Crippen LogP contribution in [0, 0.1) is 5.92 Å². The minimum absolute atomic E-state index is 0.175. The number of H-pyrrole nitrogens is 1. The van der Waals surface area contributed by atoms with Crippen molar-refractivity contribution >= 4 is 22.7 Å². The quantitative estimate of drug-likeness (QED) is 0.899. The maximum atomic E-state index is 12.6. The standard InChI is InChI=1S/C20H25N3O2/c24-19(12-15-13-21-18-7-2-1-6-17(15)18)23-10-8-16(9-11-23)22-20(25)14-4-3-5-14/h1-2,6-7,13-14,16,21H,3-5,8-12H2,(H,22,25). The highest BCUT2D eigenvalue weighted by molar-refractivity contribution is 5.89. The molecule has 0 spiro atoms. The van der Waals surface area contributed by atoms with Gasteiger partial charge in [0.05, 0.1) is 6.42 Å². The van der Waals surface area contributed by atoms with E-state index in [-0.39, 0.29) is 23.8 Å². The zero-order valence-electron chi connectivity index (χ0n) is 14.5. The van der Waals surface area contributed by atoms with E-state index in [2.05, 4.69) is 16.4 Å². The van der Waals surface area contributed by atoms with Gasteiger partial charge in [0.2, 0.25) is 11.8 Å². The summed E-state index contributed by atoms with van der Waals surface area (Å²) in [7, 11) is 0. The fraction of sp³-hybridized carbons (Fsp3) is 0.500. The number of carbonyl (C=O) groups excluding carboxylic acids is 2. The molecule has 2 amide bonds. The molecule has 2 aliphatic rings. The molecule has 2 aromatic rings. The zero-order valence-corrected chi connectivity index (χ0v) is 14.5. The van der Waals surface area contributed by atoms with Crippen LogP contribution in [-0.2, 0) is 16.0 Å². The SMILES string of the molecule is O=C(NC1CCN(C(=O)Cc2c[nH]c3ccccc23)CC1)C1CCC1. The Morgan fingerprint density at radius 3 is 2.60 bits per heavy atom. The highest BCUT2D eigenvalue weighted by Crippen LogP contribution is 2.27. The highest BCUT2D eigenvalue weighted by atomic mass is 16.2. The number of hydrogen-bond donors (Lipinski definition) is 2. The predicted molar refractivity (Wildman–Crippen MR) is 97.1 cm³/mol. The van der Waals surface area contributed by atoms with Crippen molar-refractivity contribution in [3.8, 4) is 0 Å². The molecule has 2 heterocycles. The van der Waals surface area contributed by atoms with Gasteiger partial charge in [-0.3, -0.25) is 9.59 Å². The molecule has 0 radical (unpaired) electrons. The first-order chi connectivity index (χ1) is 12.2. The molecule has 25 heavy (non-hydrogen) atoms. The number of amides is 2. The van der Waals surface area contributed by atoms with Crippen LogP contribution in [0.15, 0.2) is 30.5 Å². The number of fused-ring (bicyclic) bond motifs is 1. The van der Waals surface area contributed by atoms with Gasteiger partial charge in [-0.25, -0.2) is 0 Å². The van der Waals surface area contributed by atoms with Crippen LogP contribution in [0.5, 0.6) is 0 Å². The number of para-hydroxylation sites is 1. The van der Waals surface area contributed by atoms with Gasteiger partial charge in [-0.1, -0.05) is 24.6 Å². The number of nitrogens with one attached hydrogen (secondary N) is 2. The number of hydrogen-bond acceptors (Lipinski definition) is 2. The van der Waals surface area contributed by atoms with Crippen LogP contribution in [0.3, 0.4) is 0 Å². The number of likely N-dealkylation sites (tertiary alicyclic amines) is 1. The summed E-state index contributed by atoms with van der Waals surface area (Å²) in [5, 5.41) is 4.29. The number of piperidine rings is 1. The molecule has 1 aliphatic carbocycles. The molecule has 0 atom stereocenters. The van der Waals surface area contributed by atoms with Crippen molar-refractivity contribution in [2.45, 2.75) is 44.6 Å². The van der Waals surface area contributed by atoms with E-state index in [1.54, 1.807) is 0 Å². The lowest BCUT2D eigenvalue weighted by atomic mass is 9.84. The zero-order chi connectivity index (χ0) is 17.2. The molecule has 5 nitrogen and oxygen atoms in total. The molecule has 0 unspecified atom stereocenters.